The van der Waals surface area contributed by atoms with E-state index in [1.165, 1.54) is 0 Å². The van der Waals surface area contributed by atoms with Crippen LogP contribution in [-0.2, 0) is 25.6 Å². The average molecular weight is 350 g/mol. The second-order valence-electron chi connectivity index (χ2n) is 5.48. The molecule has 0 aromatic heterocycles. The van der Waals surface area contributed by atoms with Crippen LogP contribution in [0.25, 0.3) is 0 Å². The normalized spacial score (nSPS) is 12.7. The number of hydrogen-bond donors (Lipinski definition) is 5. The standard InChI is InChI=1S/C16H22N4O5/c17-11(8-10-4-2-1-3-5-10)15(23)19-9-14(22)20-12(16(24)25)6-7-13(18)21/h1-5,11-12H,6-9,17H2,(H2,18,21)(H,19,23)(H,20,22)(H,24,25)/t11-,12-/m0/s1. The quantitative estimate of drug-likeness (QED) is 0.345. The molecule has 0 aliphatic rings. The number of hydrogen-bond acceptors (Lipinski definition) is 5. The molecular formula is C16H22N4O5. The Morgan fingerprint density at radius 3 is 2.32 bits per heavy atom. The molecular weight excluding hydrogens is 328 g/mol. The van der Waals surface area contributed by atoms with Crippen LogP contribution in [0.3, 0.4) is 0 Å². The molecule has 0 unspecified atom stereocenters. The largest absolute Gasteiger partial charge is 0.480 e. The number of carbonyl (C=O) groups is 4. The summed E-state index contributed by atoms with van der Waals surface area (Å²) < 4.78 is 0. The molecule has 7 N–H and O–H groups in total. The first kappa shape index (κ1) is 20.1. The van der Waals surface area contributed by atoms with Crippen LogP contribution >= 0.6 is 0 Å². The Bertz CT molecular complexity index is 620. The molecule has 0 radical (unpaired) electrons. The second kappa shape index (κ2) is 10.0. The molecule has 1 rings (SSSR count). The smallest absolute Gasteiger partial charge is 0.326 e. The zero-order chi connectivity index (χ0) is 18.8. The van der Waals surface area contributed by atoms with Gasteiger partial charge in [0.25, 0.3) is 0 Å². The molecule has 2 atom stereocenters. The van der Waals surface area contributed by atoms with Crippen molar-refractivity contribution in [2.75, 3.05) is 6.54 Å². The van der Waals surface area contributed by atoms with Crippen molar-refractivity contribution in [1.29, 1.82) is 0 Å². The molecule has 0 aliphatic carbocycles. The number of carboxylic acids is 1. The summed E-state index contributed by atoms with van der Waals surface area (Å²) in [6.45, 7) is -0.415. The fraction of sp³-hybridized carbons (Fsp3) is 0.375. The topological polar surface area (TPSA) is 165 Å². The maximum Gasteiger partial charge on any atom is 0.326 e. The van der Waals surface area contributed by atoms with Crippen LogP contribution in [0, 0.1) is 0 Å². The van der Waals surface area contributed by atoms with Gasteiger partial charge in [0, 0.05) is 6.42 Å². The van der Waals surface area contributed by atoms with E-state index in [0.717, 1.165) is 5.56 Å². The lowest BCUT2D eigenvalue weighted by Gasteiger charge is -2.15. The van der Waals surface area contributed by atoms with Gasteiger partial charge in [-0.2, -0.15) is 0 Å². The molecule has 0 fully saturated rings. The van der Waals surface area contributed by atoms with Gasteiger partial charge in [-0.25, -0.2) is 4.79 Å². The highest BCUT2D eigenvalue weighted by Gasteiger charge is 2.21. The number of nitrogens with one attached hydrogen (secondary N) is 2. The first-order valence-electron chi connectivity index (χ1n) is 7.67. The Morgan fingerprint density at radius 2 is 1.76 bits per heavy atom. The van der Waals surface area contributed by atoms with E-state index in [1.807, 2.05) is 30.3 Å². The third kappa shape index (κ3) is 7.93. The van der Waals surface area contributed by atoms with Crippen molar-refractivity contribution in [3.8, 4) is 0 Å². The van der Waals surface area contributed by atoms with Crippen LogP contribution in [0.1, 0.15) is 18.4 Å². The fourth-order valence-corrected chi connectivity index (χ4v) is 2.05. The van der Waals surface area contributed by atoms with Gasteiger partial charge >= 0.3 is 5.97 Å². The molecule has 0 heterocycles. The van der Waals surface area contributed by atoms with Crippen molar-refractivity contribution in [1.82, 2.24) is 10.6 Å². The molecule has 0 saturated carbocycles. The molecule has 0 saturated heterocycles. The summed E-state index contributed by atoms with van der Waals surface area (Å²) in [7, 11) is 0. The number of amides is 3. The molecule has 25 heavy (non-hydrogen) atoms. The van der Waals surface area contributed by atoms with Crippen molar-refractivity contribution >= 4 is 23.7 Å². The van der Waals surface area contributed by atoms with Crippen LogP contribution in [0.4, 0.5) is 0 Å². The van der Waals surface area contributed by atoms with Crippen molar-refractivity contribution in [3.05, 3.63) is 35.9 Å². The summed E-state index contributed by atoms with van der Waals surface area (Å²) in [4.78, 5) is 45.4. The fourth-order valence-electron chi connectivity index (χ4n) is 2.05. The Kier molecular flexibility index (Phi) is 8.07. The predicted octanol–water partition coefficient (Wildman–Crippen LogP) is -1.49. The number of carboxylic acid groups (broad SMARTS) is 1. The first-order chi connectivity index (χ1) is 11.8. The maximum atomic E-state index is 11.9. The average Bonchev–Trinajstić information content (AvgIpc) is 2.56. The minimum Gasteiger partial charge on any atom is -0.480 e. The lowest BCUT2D eigenvalue weighted by Crippen LogP contribution is -2.49. The third-order valence-electron chi connectivity index (χ3n) is 3.37. The minimum absolute atomic E-state index is 0.127. The van der Waals surface area contributed by atoms with E-state index in [0.29, 0.717) is 6.42 Å². The molecule has 1 aromatic rings. The van der Waals surface area contributed by atoms with Gasteiger partial charge in [0.05, 0.1) is 12.6 Å². The Morgan fingerprint density at radius 1 is 1.12 bits per heavy atom. The molecule has 9 nitrogen and oxygen atoms in total. The third-order valence-corrected chi connectivity index (χ3v) is 3.37. The van der Waals surface area contributed by atoms with Crippen LogP contribution in [0.15, 0.2) is 30.3 Å². The lowest BCUT2D eigenvalue weighted by atomic mass is 10.1. The van der Waals surface area contributed by atoms with Crippen LogP contribution < -0.4 is 22.1 Å². The molecule has 9 heteroatoms. The van der Waals surface area contributed by atoms with Crippen molar-refractivity contribution in [2.24, 2.45) is 11.5 Å². The van der Waals surface area contributed by atoms with Gasteiger partial charge in [0.2, 0.25) is 17.7 Å². The summed E-state index contributed by atoms with van der Waals surface area (Å²) in [5, 5.41) is 13.6. The summed E-state index contributed by atoms with van der Waals surface area (Å²) in [5.74, 6) is -3.18. The number of primary amides is 1. The van der Waals surface area contributed by atoms with Gasteiger partial charge in [-0.1, -0.05) is 30.3 Å². The van der Waals surface area contributed by atoms with Gasteiger partial charge in [-0.3, -0.25) is 14.4 Å². The number of nitrogens with two attached hydrogens (primary N) is 2. The maximum absolute atomic E-state index is 11.9. The summed E-state index contributed by atoms with van der Waals surface area (Å²) >= 11 is 0. The monoisotopic (exact) mass is 350 g/mol. The Labute approximate surface area is 144 Å². The molecule has 0 bridgehead atoms. The number of benzene rings is 1. The van der Waals surface area contributed by atoms with Crippen LogP contribution in [-0.4, -0.2) is 47.4 Å². The van der Waals surface area contributed by atoms with E-state index in [1.54, 1.807) is 0 Å². The van der Waals surface area contributed by atoms with Crippen molar-refractivity contribution in [3.63, 3.8) is 0 Å². The van der Waals surface area contributed by atoms with Gasteiger partial charge in [-0.05, 0) is 18.4 Å². The van der Waals surface area contributed by atoms with E-state index >= 15 is 0 Å². The summed E-state index contributed by atoms with van der Waals surface area (Å²) in [6.07, 6.45) is 0.00802. The predicted molar refractivity (Wildman–Crippen MR) is 89.1 cm³/mol. The SMILES string of the molecule is NC(=O)CC[C@H](NC(=O)CNC(=O)[C@@H](N)Cc1ccccc1)C(=O)O. The minimum atomic E-state index is -1.29. The number of aliphatic carboxylic acids is 1. The lowest BCUT2D eigenvalue weighted by molar-refractivity contribution is -0.142. The zero-order valence-electron chi connectivity index (χ0n) is 13.6. The van der Waals surface area contributed by atoms with Crippen molar-refractivity contribution < 1.29 is 24.3 Å². The van der Waals surface area contributed by atoms with E-state index in [-0.39, 0.29) is 12.8 Å². The zero-order valence-corrected chi connectivity index (χ0v) is 13.6. The summed E-state index contributed by atoms with van der Waals surface area (Å²) in [5.41, 5.74) is 11.6. The molecule has 0 aliphatic heterocycles. The van der Waals surface area contributed by atoms with Crippen LogP contribution in [0.5, 0.6) is 0 Å². The van der Waals surface area contributed by atoms with Crippen LogP contribution in [0.2, 0.25) is 0 Å². The van der Waals surface area contributed by atoms with Gasteiger partial charge in [0.1, 0.15) is 6.04 Å². The highest BCUT2D eigenvalue weighted by Crippen LogP contribution is 2.02. The summed E-state index contributed by atoms with van der Waals surface area (Å²) in [6, 6.07) is 7.06. The molecule has 3 amide bonds. The number of rotatable bonds is 10. The van der Waals surface area contributed by atoms with Gasteiger partial charge < -0.3 is 27.2 Å². The molecule has 0 spiro atoms. The van der Waals surface area contributed by atoms with E-state index in [9.17, 15) is 19.2 Å². The Hall–Kier alpha value is -2.94. The molecule has 136 valence electrons. The second-order valence-corrected chi connectivity index (χ2v) is 5.48. The van der Waals surface area contributed by atoms with E-state index < -0.39 is 42.3 Å². The highest BCUT2D eigenvalue weighted by molar-refractivity contribution is 5.89. The van der Waals surface area contributed by atoms with Crippen molar-refractivity contribution in [2.45, 2.75) is 31.3 Å². The van der Waals surface area contributed by atoms with Gasteiger partial charge in [0.15, 0.2) is 0 Å². The van der Waals surface area contributed by atoms with E-state index in [2.05, 4.69) is 10.6 Å². The Balaban J connectivity index is 2.41. The van der Waals surface area contributed by atoms with Gasteiger partial charge in [-0.15, -0.1) is 0 Å². The van der Waals surface area contributed by atoms with E-state index in [4.69, 9.17) is 16.6 Å². The molecule has 1 aromatic carbocycles. The number of carbonyl (C=O) groups excluding carboxylic acids is 3. The highest BCUT2D eigenvalue weighted by atomic mass is 16.4. The first-order valence-corrected chi connectivity index (χ1v) is 7.67.